The van der Waals surface area contributed by atoms with Crippen molar-refractivity contribution in [1.82, 2.24) is 0 Å². The molecule has 0 radical (unpaired) electrons. The quantitative estimate of drug-likeness (QED) is 0.328. The third-order valence-electron chi connectivity index (χ3n) is 3.40. The molecule has 0 aliphatic carbocycles. The number of nitrogens with zero attached hydrogens (tertiary/aromatic N) is 3. The molecule has 0 saturated heterocycles. The van der Waals surface area contributed by atoms with E-state index in [1.54, 1.807) is 12.1 Å². The summed E-state index contributed by atoms with van der Waals surface area (Å²) in [6, 6.07) is 8.30. The van der Waals surface area contributed by atoms with Gasteiger partial charge in [0.05, 0.1) is 31.3 Å². The molecule has 0 fully saturated rings. The number of carbonyl (C=O) groups is 2. The second-order valence-corrected chi connectivity index (χ2v) is 4.63. The summed E-state index contributed by atoms with van der Waals surface area (Å²) in [4.78, 5) is 34.1. The van der Waals surface area contributed by atoms with Gasteiger partial charge in [-0.25, -0.2) is 0 Å². The largest absolute Gasteiger partial charge is 0.468 e. The van der Waals surface area contributed by atoms with E-state index >= 15 is 0 Å². The van der Waals surface area contributed by atoms with Crippen LogP contribution in [0.2, 0.25) is 0 Å². The number of hydrogen-bond donors (Lipinski definition) is 0. The highest BCUT2D eigenvalue weighted by atomic mass is 16.6. The number of nitro groups is 1. The molecular weight excluding hydrogens is 318 g/mol. The first-order valence-electron chi connectivity index (χ1n) is 6.60. The molecule has 24 heavy (non-hydrogen) atoms. The first-order valence-corrected chi connectivity index (χ1v) is 6.60. The van der Waals surface area contributed by atoms with E-state index in [0.717, 1.165) is 26.4 Å². The highest BCUT2D eigenvalue weighted by molar-refractivity contribution is 5.96. The Morgan fingerprint density at radius 1 is 1.08 bits per heavy atom. The monoisotopic (exact) mass is 331 g/mol. The maximum absolute atomic E-state index is 12.0. The van der Waals surface area contributed by atoms with E-state index in [9.17, 15) is 30.2 Å². The van der Waals surface area contributed by atoms with Gasteiger partial charge in [-0.2, -0.15) is 10.5 Å². The first kappa shape index (κ1) is 18.6. The van der Waals surface area contributed by atoms with Gasteiger partial charge in [-0.05, 0) is 5.56 Å². The molecule has 0 saturated carbocycles. The van der Waals surface area contributed by atoms with Gasteiger partial charge < -0.3 is 9.47 Å². The number of non-ortho nitro benzene ring substituents is 1. The average molecular weight is 331 g/mol. The molecule has 1 unspecified atom stereocenters. The van der Waals surface area contributed by atoms with Gasteiger partial charge in [0.1, 0.15) is 5.92 Å². The summed E-state index contributed by atoms with van der Waals surface area (Å²) in [7, 11) is 2.11. The summed E-state index contributed by atoms with van der Waals surface area (Å²) in [6.07, 6.45) is 0. The molecule has 1 aromatic carbocycles. The van der Waals surface area contributed by atoms with Crippen LogP contribution in [0.1, 0.15) is 11.5 Å². The van der Waals surface area contributed by atoms with Gasteiger partial charge >= 0.3 is 11.9 Å². The molecule has 1 aromatic rings. The smallest absolute Gasteiger partial charge is 0.320 e. The van der Waals surface area contributed by atoms with Crippen LogP contribution in [0.5, 0.6) is 0 Å². The molecule has 9 nitrogen and oxygen atoms in total. The Morgan fingerprint density at radius 2 is 1.54 bits per heavy atom. The predicted molar refractivity (Wildman–Crippen MR) is 78.1 cm³/mol. The second kappa shape index (κ2) is 8.25. The van der Waals surface area contributed by atoms with Crippen LogP contribution in [0.25, 0.3) is 0 Å². The molecule has 9 heteroatoms. The highest BCUT2D eigenvalue weighted by Gasteiger charge is 2.42. The zero-order valence-electron chi connectivity index (χ0n) is 12.8. The van der Waals surface area contributed by atoms with Crippen LogP contribution in [-0.4, -0.2) is 31.1 Å². The Balaban J connectivity index is 3.47. The fraction of sp³-hybridized carbons (Fsp3) is 0.333. The van der Waals surface area contributed by atoms with E-state index in [4.69, 9.17) is 0 Å². The third-order valence-corrected chi connectivity index (χ3v) is 3.40. The molecule has 0 spiro atoms. The summed E-state index contributed by atoms with van der Waals surface area (Å²) in [6.45, 7) is 0. The van der Waals surface area contributed by atoms with Gasteiger partial charge in [-0.1, -0.05) is 12.1 Å². The van der Waals surface area contributed by atoms with E-state index in [1.807, 2.05) is 0 Å². The van der Waals surface area contributed by atoms with Crippen LogP contribution in [0.4, 0.5) is 5.69 Å². The molecule has 1 rings (SSSR count). The zero-order valence-corrected chi connectivity index (χ0v) is 12.8. The van der Waals surface area contributed by atoms with Crippen molar-refractivity contribution in [3.8, 4) is 12.1 Å². The Bertz CT molecular complexity index is 686. The zero-order chi connectivity index (χ0) is 18.3. The topological polar surface area (TPSA) is 143 Å². The molecule has 0 amide bonds. The van der Waals surface area contributed by atoms with Gasteiger partial charge in [0, 0.05) is 18.1 Å². The Labute approximate surface area is 137 Å². The Kier molecular flexibility index (Phi) is 6.39. The number of rotatable bonds is 6. The number of esters is 2. The molecule has 1 atom stereocenters. The maximum atomic E-state index is 12.0. The number of hydrogen-bond acceptors (Lipinski definition) is 8. The fourth-order valence-electron chi connectivity index (χ4n) is 2.23. The van der Waals surface area contributed by atoms with E-state index < -0.39 is 34.6 Å². The summed E-state index contributed by atoms with van der Waals surface area (Å²) >= 11 is 0. The Hall–Kier alpha value is -3.46. The SMILES string of the molecule is COC(=O)C(C(=O)OC)C(c1ccc([N+](=O)[O-])cc1)C(C#N)C#N. The van der Waals surface area contributed by atoms with Gasteiger partial charge in [0.15, 0.2) is 5.92 Å². The van der Waals surface area contributed by atoms with Gasteiger partial charge in [-0.15, -0.1) is 0 Å². The molecule has 0 aromatic heterocycles. The van der Waals surface area contributed by atoms with Crippen LogP contribution in [0, 0.1) is 44.6 Å². The third kappa shape index (κ3) is 3.84. The number of methoxy groups -OCH3 is 2. The lowest BCUT2D eigenvalue weighted by atomic mass is 9.77. The minimum atomic E-state index is -1.55. The fourth-order valence-corrected chi connectivity index (χ4v) is 2.23. The molecule has 124 valence electrons. The van der Waals surface area contributed by atoms with Crippen LogP contribution in [0.3, 0.4) is 0 Å². The van der Waals surface area contributed by atoms with Crippen LogP contribution < -0.4 is 0 Å². The van der Waals surface area contributed by atoms with Crippen LogP contribution >= 0.6 is 0 Å². The summed E-state index contributed by atoms with van der Waals surface area (Å²) in [5.41, 5.74) is 0.0187. The van der Waals surface area contributed by atoms with Crippen molar-refractivity contribution in [3.05, 3.63) is 39.9 Å². The average Bonchev–Trinajstić information content (AvgIpc) is 2.60. The molecule has 0 N–H and O–H groups in total. The molecular formula is C15H13N3O6. The van der Waals surface area contributed by atoms with Crippen molar-refractivity contribution in [3.63, 3.8) is 0 Å². The predicted octanol–water partition coefficient (Wildman–Crippen LogP) is 1.30. The van der Waals surface area contributed by atoms with Crippen LogP contribution in [0.15, 0.2) is 24.3 Å². The molecule has 0 aliphatic rings. The van der Waals surface area contributed by atoms with E-state index in [0.29, 0.717) is 0 Å². The van der Waals surface area contributed by atoms with Gasteiger partial charge in [0.2, 0.25) is 0 Å². The molecule has 0 heterocycles. The van der Waals surface area contributed by atoms with Crippen molar-refractivity contribution >= 4 is 17.6 Å². The lowest BCUT2D eigenvalue weighted by Crippen LogP contribution is -2.35. The van der Waals surface area contributed by atoms with Crippen molar-refractivity contribution in [2.24, 2.45) is 11.8 Å². The first-order chi connectivity index (χ1) is 11.4. The van der Waals surface area contributed by atoms with Gasteiger partial charge in [0.25, 0.3) is 5.69 Å². The number of carbonyl (C=O) groups excluding carboxylic acids is 2. The summed E-state index contributed by atoms with van der Waals surface area (Å²) in [5, 5.41) is 29.1. The normalized spacial score (nSPS) is 11.2. The minimum Gasteiger partial charge on any atom is -0.468 e. The number of ether oxygens (including phenoxy) is 2. The summed E-state index contributed by atoms with van der Waals surface area (Å²) in [5.74, 6) is -6.05. The standard InChI is InChI=1S/C15H13N3O6/c1-23-14(19)13(15(20)24-2)12(10(7-16)8-17)9-3-5-11(6-4-9)18(21)22/h3-6,10,12-13H,1-2H3. The number of nitro benzene ring substituents is 1. The van der Waals surface area contributed by atoms with Crippen molar-refractivity contribution in [2.45, 2.75) is 5.92 Å². The van der Waals surface area contributed by atoms with E-state index in [1.165, 1.54) is 12.1 Å². The molecule has 0 aliphatic heterocycles. The minimum absolute atomic E-state index is 0.212. The van der Waals surface area contributed by atoms with E-state index in [-0.39, 0.29) is 11.3 Å². The Morgan fingerprint density at radius 3 is 1.88 bits per heavy atom. The van der Waals surface area contributed by atoms with Crippen molar-refractivity contribution < 1.29 is 24.0 Å². The molecule has 0 bridgehead atoms. The summed E-state index contributed by atoms with van der Waals surface area (Å²) < 4.78 is 9.14. The van der Waals surface area contributed by atoms with Crippen molar-refractivity contribution in [2.75, 3.05) is 14.2 Å². The van der Waals surface area contributed by atoms with E-state index in [2.05, 4.69) is 9.47 Å². The maximum Gasteiger partial charge on any atom is 0.320 e. The van der Waals surface area contributed by atoms with Gasteiger partial charge in [-0.3, -0.25) is 19.7 Å². The van der Waals surface area contributed by atoms with Crippen LogP contribution in [-0.2, 0) is 19.1 Å². The number of nitriles is 2. The lowest BCUT2D eigenvalue weighted by Gasteiger charge is -2.24. The second-order valence-electron chi connectivity index (χ2n) is 4.63. The highest BCUT2D eigenvalue weighted by Crippen LogP contribution is 2.34. The number of benzene rings is 1. The lowest BCUT2D eigenvalue weighted by molar-refractivity contribution is -0.384. The van der Waals surface area contributed by atoms with Crippen molar-refractivity contribution in [1.29, 1.82) is 10.5 Å².